The van der Waals surface area contributed by atoms with Crippen molar-refractivity contribution in [2.24, 2.45) is 0 Å². The van der Waals surface area contributed by atoms with Crippen molar-refractivity contribution in [1.82, 2.24) is 4.98 Å². The number of carbonyl (C=O) groups excluding carboxylic acids is 3. The Kier molecular flexibility index (Phi) is 6.27. The van der Waals surface area contributed by atoms with E-state index in [1.54, 1.807) is 48.5 Å². The first kappa shape index (κ1) is 23.1. The second-order valence-electron chi connectivity index (χ2n) is 8.12. The van der Waals surface area contributed by atoms with Gasteiger partial charge < -0.3 is 10.1 Å². The molecule has 0 unspecified atom stereocenters. The van der Waals surface area contributed by atoms with Crippen molar-refractivity contribution in [3.63, 3.8) is 0 Å². The number of aromatic nitrogens is 1. The standard InChI is InChI=1S/C26H21N3O4S2/c1-15(2)33-21-10-6-5-9-19(21)27-23(30)14-34-26-28-20-12-11-16(13-22(20)35-26)29-24(31)17-7-3-4-8-18(17)25(29)32/h3-13,15H,14H2,1-2H3,(H,27,30). The fourth-order valence-electron chi connectivity index (χ4n) is 3.76. The molecule has 7 nitrogen and oxygen atoms in total. The van der Waals surface area contributed by atoms with E-state index in [1.165, 1.54) is 28.0 Å². The number of fused-ring (bicyclic) bond motifs is 2. The second kappa shape index (κ2) is 9.52. The molecule has 0 saturated heterocycles. The monoisotopic (exact) mass is 503 g/mol. The van der Waals surface area contributed by atoms with Crippen LogP contribution in [0.2, 0.25) is 0 Å². The van der Waals surface area contributed by atoms with Gasteiger partial charge in [0.15, 0.2) is 4.34 Å². The van der Waals surface area contributed by atoms with Gasteiger partial charge in [0.05, 0.1) is 44.6 Å². The summed E-state index contributed by atoms with van der Waals surface area (Å²) in [5, 5.41) is 2.89. The van der Waals surface area contributed by atoms with Crippen molar-refractivity contribution < 1.29 is 19.1 Å². The number of hydrogen-bond donors (Lipinski definition) is 1. The molecule has 0 radical (unpaired) electrons. The highest BCUT2D eigenvalue weighted by atomic mass is 32.2. The average Bonchev–Trinajstić information content (AvgIpc) is 3.36. The number of ether oxygens (including phenoxy) is 1. The van der Waals surface area contributed by atoms with Crippen LogP contribution < -0.4 is 15.0 Å². The predicted octanol–water partition coefficient (Wildman–Crippen LogP) is 5.61. The molecule has 0 bridgehead atoms. The van der Waals surface area contributed by atoms with E-state index in [2.05, 4.69) is 10.3 Å². The maximum absolute atomic E-state index is 12.8. The number of para-hydroxylation sites is 2. The van der Waals surface area contributed by atoms with Crippen LogP contribution in [0.5, 0.6) is 5.75 Å². The minimum Gasteiger partial charge on any atom is -0.489 e. The lowest BCUT2D eigenvalue weighted by Gasteiger charge is -2.14. The van der Waals surface area contributed by atoms with Gasteiger partial charge in [0.1, 0.15) is 5.75 Å². The number of thiazole rings is 1. The summed E-state index contributed by atoms with van der Waals surface area (Å²) in [7, 11) is 0. The first-order valence-corrected chi connectivity index (χ1v) is 12.8. The summed E-state index contributed by atoms with van der Waals surface area (Å²) in [6.07, 6.45) is -0.00428. The Bertz CT molecular complexity index is 1430. The van der Waals surface area contributed by atoms with Crippen molar-refractivity contribution in [1.29, 1.82) is 0 Å². The molecule has 0 saturated carbocycles. The lowest BCUT2D eigenvalue weighted by molar-refractivity contribution is -0.113. The highest BCUT2D eigenvalue weighted by Gasteiger charge is 2.36. The van der Waals surface area contributed by atoms with E-state index >= 15 is 0 Å². The summed E-state index contributed by atoms with van der Waals surface area (Å²) in [4.78, 5) is 43.9. The minimum absolute atomic E-state index is 0.00428. The SMILES string of the molecule is CC(C)Oc1ccccc1NC(=O)CSc1nc2ccc(N3C(=O)c4ccccc4C3=O)cc2s1. The van der Waals surface area contributed by atoms with Crippen LogP contribution in [-0.4, -0.2) is 34.6 Å². The van der Waals surface area contributed by atoms with Gasteiger partial charge in [-0.05, 0) is 56.3 Å². The van der Waals surface area contributed by atoms with E-state index in [1.807, 2.05) is 32.0 Å². The fourth-order valence-corrected chi connectivity index (χ4v) is 5.66. The van der Waals surface area contributed by atoms with E-state index in [4.69, 9.17) is 4.74 Å². The molecule has 9 heteroatoms. The van der Waals surface area contributed by atoms with Crippen LogP contribution in [0.25, 0.3) is 10.2 Å². The first-order chi connectivity index (χ1) is 16.9. The number of rotatable bonds is 7. The van der Waals surface area contributed by atoms with Crippen molar-refractivity contribution in [3.8, 4) is 5.75 Å². The first-order valence-electron chi connectivity index (χ1n) is 11.0. The fraction of sp³-hybridized carbons (Fsp3) is 0.154. The molecule has 3 aromatic carbocycles. The summed E-state index contributed by atoms with van der Waals surface area (Å²) in [6, 6.07) is 19.4. The molecule has 0 spiro atoms. The van der Waals surface area contributed by atoms with Gasteiger partial charge >= 0.3 is 0 Å². The Balaban J connectivity index is 1.28. The zero-order valence-corrected chi connectivity index (χ0v) is 20.6. The largest absolute Gasteiger partial charge is 0.489 e. The van der Waals surface area contributed by atoms with E-state index in [9.17, 15) is 14.4 Å². The molecule has 5 rings (SSSR count). The van der Waals surface area contributed by atoms with Crippen LogP contribution in [0, 0.1) is 0 Å². The molecule has 0 aliphatic carbocycles. The predicted molar refractivity (Wildman–Crippen MR) is 139 cm³/mol. The number of amides is 3. The maximum atomic E-state index is 12.8. The molecule has 0 atom stereocenters. The van der Waals surface area contributed by atoms with Gasteiger partial charge in [-0.3, -0.25) is 14.4 Å². The average molecular weight is 504 g/mol. The van der Waals surface area contributed by atoms with Crippen molar-refractivity contribution in [2.75, 3.05) is 16.0 Å². The molecular formula is C26H21N3O4S2. The van der Waals surface area contributed by atoms with Crippen LogP contribution in [0.3, 0.4) is 0 Å². The van der Waals surface area contributed by atoms with Crippen molar-refractivity contribution in [2.45, 2.75) is 24.3 Å². The van der Waals surface area contributed by atoms with Gasteiger partial charge in [-0.15, -0.1) is 11.3 Å². The normalized spacial score (nSPS) is 12.9. The number of nitrogens with one attached hydrogen (secondary N) is 1. The third-order valence-corrected chi connectivity index (χ3v) is 7.42. The highest BCUT2D eigenvalue weighted by Crippen LogP contribution is 2.35. The molecule has 35 heavy (non-hydrogen) atoms. The summed E-state index contributed by atoms with van der Waals surface area (Å²) in [5.41, 5.74) is 2.69. The lowest BCUT2D eigenvalue weighted by Crippen LogP contribution is -2.29. The zero-order chi connectivity index (χ0) is 24.5. The lowest BCUT2D eigenvalue weighted by atomic mass is 10.1. The number of nitrogens with zero attached hydrogens (tertiary/aromatic N) is 2. The molecule has 1 aliphatic rings. The quantitative estimate of drug-likeness (QED) is 0.260. The van der Waals surface area contributed by atoms with E-state index < -0.39 is 0 Å². The van der Waals surface area contributed by atoms with E-state index in [0.717, 1.165) is 14.6 Å². The third kappa shape index (κ3) is 4.65. The van der Waals surface area contributed by atoms with Crippen LogP contribution >= 0.6 is 23.1 Å². The second-order valence-corrected chi connectivity index (χ2v) is 10.4. The zero-order valence-electron chi connectivity index (χ0n) is 19.0. The number of imide groups is 1. The van der Waals surface area contributed by atoms with Gasteiger partial charge in [-0.1, -0.05) is 36.0 Å². The molecule has 0 fully saturated rings. The van der Waals surface area contributed by atoms with Crippen LogP contribution in [0.1, 0.15) is 34.6 Å². The Labute approximate surface area is 210 Å². The van der Waals surface area contributed by atoms with E-state index in [-0.39, 0.29) is 29.6 Å². The number of benzene rings is 3. The number of anilines is 2. The smallest absolute Gasteiger partial charge is 0.266 e. The van der Waals surface area contributed by atoms with Crippen LogP contribution in [0.4, 0.5) is 11.4 Å². The highest BCUT2D eigenvalue weighted by molar-refractivity contribution is 8.01. The molecule has 4 aromatic rings. The van der Waals surface area contributed by atoms with Crippen molar-refractivity contribution in [3.05, 3.63) is 77.9 Å². The molecule has 1 aromatic heterocycles. The molecule has 3 amide bonds. The van der Waals surface area contributed by atoms with Gasteiger partial charge in [-0.2, -0.15) is 0 Å². The summed E-state index contributed by atoms with van der Waals surface area (Å²) in [5.74, 6) is -0.0200. The molecule has 176 valence electrons. The summed E-state index contributed by atoms with van der Waals surface area (Å²) >= 11 is 2.74. The molecule has 1 aliphatic heterocycles. The third-order valence-electron chi connectivity index (χ3n) is 5.26. The number of carbonyl (C=O) groups is 3. The van der Waals surface area contributed by atoms with Gasteiger partial charge in [0.25, 0.3) is 11.8 Å². The Morgan fingerprint density at radius 3 is 2.43 bits per heavy atom. The van der Waals surface area contributed by atoms with Gasteiger partial charge in [0, 0.05) is 0 Å². The Morgan fingerprint density at radius 2 is 1.71 bits per heavy atom. The maximum Gasteiger partial charge on any atom is 0.266 e. The van der Waals surface area contributed by atoms with E-state index in [0.29, 0.717) is 28.3 Å². The minimum atomic E-state index is -0.331. The van der Waals surface area contributed by atoms with Crippen LogP contribution in [-0.2, 0) is 4.79 Å². The Morgan fingerprint density at radius 1 is 1.03 bits per heavy atom. The van der Waals surface area contributed by atoms with Gasteiger partial charge in [-0.25, -0.2) is 9.88 Å². The van der Waals surface area contributed by atoms with Gasteiger partial charge in [0.2, 0.25) is 5.91 Å². The molecular weight excluding hydrogens is 482 g/mol. The molecule has 1 N–H and O–H groups in total. The Hall–Kier alpha value is -3.69. The van der Waals surface area contributed by atoms with Crippen LogP contribution in [0.15, 0.2) is 71.1 Å². The molecule has 2 heterocycles. The number of thioether (sulfide) groups is 1. The van der Waals surface area contributed by atoms with Crippen molar-refractivity contribution >= 4 is 62.4 Å². The summed E-state index contributed by atoms with van der Waals surface area (Å²) in [6.45, 7) is 3.86. The summed E-state index contributed by atoms with van der Waals surface area (Å²) < 4.78 is 7.31. The number of hydrogen-bond acceptors (Lipinski definition) is 7. The topological polar surface area (TPSA) is 88.6 Å².